The Kier molecular flexibility index (Phi) is 5.26. The van der Waals surface area contributed by atoms with E-state index in [0.717, 1.165) is 12.1 Å². The van der Waals surface area contributed by atoms with Crippen LogP contribution in [0.3, 0.4) is 0 Å². The smallest absolute Gasteiger partial charge is 0.308 e. The van der Waals surface area contributed by atoms with Gasteiger partial charge < -0.3 is 5.32 Å². The van der Waals surface area contributed by atoms with E-state index < -0.39 is 6.04 Å². The van der Waals surface area contributed by atoms with Crippen molar-refractivity contribution in [3.05, 3.63) is 29.8 Å². The zero-order valence-electron chi connectivity index (χ0n) is 14.5. The molecule has 1 saturated heterocycles. The van der Waals surface area contributed by atoms with E-state index in [1.54, 1.807) is 16.7 Å². The molecule has 1 N–H and O–H groups in total. The highest BCUT2D eigenvalue weighted by Gasteiger charge is 2.50. The molecule has 1 aliphatic rings. The zero-order chi connectivity index (χ0) is 17.2. The Morgan fingerprint density at radius 2 is 2.17 bits per heavy atom. The molecule has 1 heterocycles. The first-order valence-corrected chi connectivity index (χ1v) is 8.93. The summed E-state index contributed by atoms with van der Waals surface area (Å²) in [6.07, 6.45) is 0.922. The number of urea groups is 1. The minimum atomic E-state index is -0.436. The third kappa shape index (κ3) is 3.64. The molecule has 0 saturated carbocycles. The molecule has 4 nitrogen and oxygen atoms in total. The van der Waals surface area contributed by atoms with Crippen LogP contribution in [-0.2, 0) is 6.42 Å². The van der Waals surface area contributed by atoms with Gasteiger partial charge in [0.05, 0.1) is 11.4 Å². The van der Waals surface area contributed by atoms with Gasteiger partial charge in [-0.2, -0.15) is 5.26 Å². The number of carbonyl (C=O) groups excluding carboxylic acids is 1. The number of thioether (sulfide) groups is 1. The molecular weight excluding hydrogens is 306 g/mol. The maximum Gasteiger partial charge on any atom is 0.323 e. The van der Waals surface area contributed by atoms with Crippen molar-refractivity contribution >= 4 is 23.5 Å². The minimum Gasteiger partial charge on any atom is -0.308 e. The molecule has 0 bridgehead atoms. The lowest BCUT2D eigenvalue weighted by Crippen LogP contribution is -2.48. The Balaban J connectivity index is 2.26. The average Bonchev–Trinajstić information content (AvgIpc) is 2.78. The van der Waals surface area contributed by atoms with E-state index in [0.29, 0.717) is 0 Å². The van der Waals surface area contributed by atoms with Crippen molar-refractivity contribution in [2.24, 2.45) is 5.92 Å². The van der Waals surface area contributed by atoms with Crippen LogP contribution >= 0.6 is 11.8 Å². The summed E-state index contributed by atoms with van der Waals surface area (Å²) in [5.41, 5.74) is 1.96. The normalized spacial score (nSPS) is 22.9. The van der Waals surface area contributed by atoms with Crippen molar-refractivity contribution in [2.45, 2.75) is 57.2 Å². The summed E-state index contributed by atoms with van der Waals surface area (Å²) in [5.74, 6) is 0.283. The Labute approximate surface area is 143 Å². The molecule has 124 valence electrons. The van der Waals surface area contributed by atoms with Crippen molar-refractivity contribution in [2.75, 3.05) is 5.32 Å². The second kappa shape index (κ2) is 6.84. The van der Waals surface area contributed by atoms with Crippen LogP contribution in [0.15, 0.2) is 24.3 Å². The third-order valence-electron chi connectivity index (χ3n) is 4.15. The number of nitrogens with zero attached hydrogens (tertiary/aromatic N) is 2. The highest BCUT2D eigenvalue weighted by Crippen LogP contribution is 2.46. The number of aryl methyl sites for hydroxylation is 1. The lowest BCUT2D eigenvalue weighted by Gasteiger charge is -2.29. The molecule has 0 aromatic heterocycles. The summed E-state index contributed by atoms with van der Waals surface area (Å²) < 4.78 is -0.272. The molecule has 2 unspecified atom stereocenters. The molecule has 1 aromatic carbocycles. The summed E-state index contributed by atoms with van der Waals surface area (Å²) in [7, 11) is 0. The number of hydrogen-bond acceptors (Lipinski definition) is 3. The second-order valence-corrected chi connectivity index (χ2v) is 8.55. The van der Waals surface area contributed by atoms with Crippen molar-refractivity contribution in [3.8, 4) is 6.07 Å². The first kappa shape index (κ1) is 17.7. The molecule has 0 spiro atoms. The molecule has 0 aliphatic carbocycles. The Hall–Kier alpha value is -1.67. The van der Waals surface area contributed by atoms with Gasteiger partial charge in [0, 0.05) is 10.4 Å². The largest absolute Gasteiger partial charge is 0.323 e. The molecule has 1 aliphatic heterocycles. The summed E-state index contributed by atoms with van der Waals surface area (Å²) >= 11 is 1.71. The molecule has 2 amide bonds. The fourth-order valence-corrected chi connectivity index (χ4v) is 4.40. The fourth-order valence-electron chi connectivity index (χ4n) is 2.88. The van der Waals surface area contributed by atoms with E-state index in [1.807, 2.05) is 38.1 Å². The lowest BCUT2D eigenvalue weighted by molar-refractivity contribution is 0.184. The van der Waals surface area contributed by atoms with Crippen LogP contribution in [0.25, 0.3) is 0 Å². The predicted octanol–water partition coefficient (Wildman–Crippen LogP) is 4.48. The minimum absolute atomic E-state index is 0.00371. The number of anilines is 1. The van der Waals surface area contributed by atoms with Crippen LogP contribution < -0.4 is 5.32 Å². The Morgan fingerprint density at radius 3 is 2.74 bits per heavy atom. The predicted molar refractivity (Wildman–Crippen MR) is 96.4 cm³/mol. The number of hydrogen-bond donors (Lipinski definition) is 1. The third-order valence-corrected chi connectivity index (χ3v) is 5.99. The van der Waals surface area contributed by atoms with Crippen molar-refractivity contribution in [3.63, 3.8) is 0 Å². The van der Waals surface area contributed by atoms with Crippen LogP contribution in [0.5, 0.6) is 0 Å². The van der Waals surface area contributed by atoms with Gasteiger partial charge in [0.2, 0.25) is 0 Å². The van der Waals surface area contributed by atoms with Crippen molar-refractivity contribution in [1.29, 1.82) is 5.26 Å². The van der Waals surface area contributed by atoms with Crippen LogP contribution in [-0.4, -0.2) is 27.1 Å². The number of nitriles is 1. The molecule has 2 rings (SSSR count). The quantitative estimate of drug-likeness (QED) is 0.888. The van der Waals surface area contributed by atoms with Crippen LogP contribution in [0.2, 0.25) is 0 Å². The van der Waals surface area contributed by atoms with E-state index in [9.17, 15) is 10.1 Å². The van der Waals surface area contributed by atoms with Gasteiger partial charge in [-0.05, 0) is 43.9 Å². The maximum atomic E-state index is 12.8. The van der Waals surface area contributed by atoms with Gasteiger partial charge in [0.15, 0.2) is 0 Å². The second-order valence-electron chi connectivity index (χ2n) is 6.78. The van der Waals surface area contributed by atoms with Crippen molar-refractivity contribution in [1.82, 2.24) is 4.90 Å². The molecule has 1 fully saturated rings. The fraction of sp³-hybridized carbons (Fsp3) is 0.556. The Morgan fingerprint density at radius 1 is 1.48 bits per heavy atom. The van der Waals surface area contributed by atoms with E-state index in [2.05, 4.69) is 32.2 Å². The van der Waals surface area contributed by atoms with Gasteiger partial charge in [-0.15, -0.1) is 11.8 Å². The summed E-state index contributed by atoms with van der Waals surface area (Å²) in [6.45, 7) is 10.3. The zero-order valence-corrected chi connectivity index (χ0v) is 15.3. The van der Waals surface area contributed by atoms with E-state index in [-0.39, 0.29) is 22.1 Å². The molecule has 5 heteroatoms. The molecular formula is C18H25N3OS. The number of carbonyl (C=O) groups is 1. The summed E-state index contributed by atoms with van der Waals surface area (Å²) in [4.78, 5) is 14.6. The number of benzene rings is 1. The maximum absolute atomic E-state index is 12.8. The standard InChI is InChI=1S/C18H25N3OS/c1-6-13-8-7-9-14(10-13)20-17(22)21-15(11-19)18(4,5)23-16(21)12(2)3/h7-10,12,15-16H,6H2,1-5H3,(H,20,22). The van der Waals surface area contributed by atoms with Gasteiger partial charge in [-0.25, -0.2) is 4.79 Å². The van der Waals surface area contributed by atoms with Crippen LogP contribution in [0.1, 0.15) is 40.2 Å². The highest BCUT2D eigenvalue weighted by atomic mass is 32.2. The van der Waals surface area contributed by atoms with Crippen LogP contribution in [0.4, 0.5) is 10.5 Å². The number of nitrogens with one attached hydrogen (secondary N) is 1. The lowest BCUT2D eigenvalue weighted by atomic mass is 10.0. The topological polar surface area (TPSA) is 56.1 Å². The van der Waals surface area contributed by atoms with Gasteiger partial charge in [0.25, 0.3) is 0 Å². The van der Waals surface area contributed by atoms with Crippen LogP contribution in [0, 0.1) is 17.2 Å². The SMILES string of the molecule is CCc1cccc(NC(=O)N2C(C(C)C)SC(C)(C)C2C#N)c1. The van der Waals surface area contributed by atoms with Gasteiger partial charge in [0.1, 0.15) is 6.04 Å². The van der Waals surface area contributed by atoms with E-state index >= 15 is 0 Å². The molecule has 1 aromatic rings. The highest BCUT2D eigenvalue weighted by molar-refractivity contribution is 8.01. The van der Waals surface area contributed by atoms with E-state index in [1.165, 1.54) is 5.56 Å². The molecule has 23 heavy (non-hydrogen) atoms. The Bertz CT molecular complexity index is 621. The molecule has 2 atom stereocenters. The summed E-state index contributed by atoms with van der Waals surface area (Å²) in [5, 5.41) is 12.6. The number of amides is 2. The van der Waals surface area contributed by atoms with E-state index in [4.69, 9.17) is 0 Å². The molecule has 0 radical (unpaired) electrons. The van der Waals surface area contributed by atoms with Gasteiger partial charge in [-0.1, -0.05) is 32.9 Å². The first-order valence-electron chi connectivity index (χ1n) is 8.05. The summed E-state index contributed by atoms with van der Waals surface area (Å²) in [6, 6.07) is 9.55. The monoisotopic (exact) mass is 331 g/mol. The van der Waals surface area contributed by atoms with Gasteiger partial charge >= 0.3 is 6.03 Å². The number of rotatable bonds is 3. The first-order chi connectivity index (χ1) is 10.8. The van der Waals surface area contributed by atoms with Gasteiger partial charge in [-0.3, -0.25) is 4.90 Å². The van der Waals surface area contributed by atoms with Crippen molar-refractivity contribution < 1.29 is 4.79 Å². The average molecular weight is 331 g/mol.